The Morgan fingerprint density at radius 1 is 1.00 bits per heavy atom. The third-order valence-corrected chi connectivity index (χ3v) is 3.97. The minimum atomic E-state index is -0.185. The van der Waals surface area contributed by atoms with E-state index in [1.165, 1.54) is 0 Å². The van der Waals surface area contributed by atoms with Gasteiger partial charge in [-0.1, -0.05) is 18.2 Å². The van der Waals surface area contributed by atoms with E-state index in [9.17, 15) is 9.59 Å². The minimum absolute atomic E-state index is 0.115. The highest BCUT2D eigenvalue weighted by Crippen LogP contribution is 2.19. The molecule has 0 atom stereocenters. The van der Waals surface area contributed by atoms with Crippen molar-refractivity contribution in [2.24, 2.45) is 0 Å². The van der Waals surface area contributed by atoms with Crippen molar-refractivity contribution >= 4 is 23.2 Å². The third kappa shape index (κ3) is 4.90. The number of rotatable bonds is 6. The molecule has 0 radical (unpaired) electrons. The monoisotopic (exact) mass is 343 g/mol. The molecule has 0 fully saturated rings. The van der Waals surface area contributed by atoms with E-state index >= 15 is 0 Å². The van der Waals surface area contributed by atoms with Crippen LogP contribution in [0.3, 0.4) is 0 Å². The molecule has 0 aliphatic carbocycles. The Morgan fingerprint density at radius 2 is 1.52 bits per heavy atom. The van der Waals surface area contributed by atoms with Crippen molar-refractivity contribution in [3.8, 4) is 0 Å². The fourth-order valence-corrected chi connectivity index (χ4v) is 2.65. The normalized spacial score (nSPS) is 10.8. The average molecular weight is 343 g/mol. The molecule has 0 aliphatic rings. The van der Waals surface area contributed by atoms with Crippen molar-refractivity contribution in [1.29, 1.82) is 0 Å². The zero-order chi connectivity index (χ0) is 18.6. The smallest absolute Gasteiger partial charge is 0.238 e. The van der Waals surface area contributed by atoms with Gasteiger partial charge in [0.15, 0.2) is 0 Å². The number of aryl methyl sites for hydroxylation is 4. The number of hydrogen-bond donors (Lipinski definition) is 3. The van der Waals surface area contributed by atoms with Gasteiger partial charge in [0.1, 0.15) is 0 Å². The van der Waals surface area contributed by atoms with Gasteiger partial charge in [-0.3, -0.25) is 19.6 Å². The lowest BCUT2D eigenvalue weighted by molar-refractivity contribution is -0.119. The molecule has 0 saturated carbocycles. The van der Waals surface area contributed by atoms with Gasteiger partial charge in [-0.15, -0.1) is 0 Å². The van der Waals surface area contributed by atoms with E-state index in [2.05, 4.69) is 20.8 Å². The summed E-state index contributed by atoms with van der Waals surface area (Å²) in [6.45, 7) is 7.82. The van der Waals surface area contributed by atoms with Crippen LogP contribution in [0.15, 0.2) is 18.2 Å². The van der Waals surface area contributed by atoms with Crippen LogP contribution >= 0.6 is 0 Å². The quantitative estimate of drug-likeness (QED) is 0.750. The summed E-state index contributed by atoms with van der Waals surface area (Å²) in [4.78, 5) is 26.1. The van der Waals surface area contributed by atoms with Crippen molar-refractivity contribution in [3.05, 3.63) is 40.7 Å². The van der Waals surface area contributed by atoms with Gasteiger partial charge in [0.05, 0.1) is 30.2 Å². The summed E-state index contributed by atoms with van der Waals surface area (Å²) in [5.41, 5.74) is 5.09. The first kappa shape index (κ1) is 18.7. The highest BCUT2D eigenvalue weighted by Gasteiger charge is 2.15. The van der Waals surface area contributed by atoms with Gasteiger partial charge in [-0.25, -0.2) is 0 Å². The molecule has 1 aromatic carbocycles. The number of hydrogen-bond acceptors (Lipinski definition) is 4. The summed E-state index contributed by atoms with van der Waals surface area (Å²) < 4.78 is 0. The number of carbonyl (C=O) groups is 2. The predicted octanol–water partition coefficient (Wildman–Crippen LogP) is 2.15. The van der Waals surface area contributed by atoms with E-state index in [4.69, 9.17) is 0 Å². The van der Waals surface area contributed by atoms with E-state index in [0.29, 0.717) is 5.69 Å². The van der Waals surface area contributed by atoms with Crippen LogP contribution in [0, 0.1) is 27.7 Å². The number of H-pyrrole nitrogens is 1. The predicted molar refractivity (Wildman–Crippen MR) is 98.7 cm³/mol. The van der Waals surface area contributed by atoms with Gasteiger partial charge in [0.25, 0.3) is 0 Å². The van der Waals surface area contributed by atoms with Gasteiger partial charge >= 0.3 is 0 Å². The molecule has 7 heteroatoms. The Labute approximate surface area is 147 Å². The van der Waals surface area contributed by atoms with Gasteiger partial charge < -0.3 is 10.6 Å². The fourth-order valence-electron chi connectivity index (χ4n) is 2.65. The number of carbonyl (C=O) groups excluding carboxylic acids is 2. The van der Waals surface area contributed by atoms with E-state index in [1.807, 2.05) is 45.9 Å². The van der Waals surface area contributed by atoms with Crippen LogP contribution in [-0.4, -0.2) is 47.0 Å². The lowest BCUT2D eigenvalue weighted by Gasteiger charge is -2.17. The van der Waals surface area contributed by atoms with Crippen LogP contribution in [-0.2, 0) is 9.59 Å². The summed E-state index contributed by atoms with van der Waals surface area (Å²) in [5, 5.41) is 12.6. The molecule has 2 aromatic rings. The minimum Gasteiger partial charge on any atom is -0.324 e. The average Bonchev–Trinajstić information content (AvgIpc) is 2.82. The molecule has 25 heavy (non-hydrogen) atoms. The molecule has 2 amide bonds. The largest absolute Gasteiger partial charge is 0.324 e. The van der Waals surface area contributed by atoms with Crippen molar-refractivity contribution in [3.63, 3.8) is 0 Å². The van der Waals surface area contributed by atoms with Gasteiger partial charge in [0.2, 0.25) is 11.8 Å². The zero-order valence-corrected chi connectivity index (χ0v) is 15.4. The summed E-state index contributed by atoms with van der Waals surface area (Å²) in [6.07, 6.45) is 0. The van der Waals surface area contributed by atoms with Crippen LogP contribution in [0.4, 0.5) is 11.4 Å². The molecule has 1 aromatic heterocycles. The third-order valence-electron chi connectivity index (χ3n) is 3.97. The van der Waals surface area contributed by atoms with Gasteiger partial charge in [0, 0.05) is 5.69 Å². The first-order valence-electron chi connectivity index (χ1n) is 8.14. The number of aromatic amines is 1. The lowest BCUT2D eigenvalue weighted by atomic mass is 10.1. The second-order valence-electron chi connectivity index (χ2n) is 6.34. The number of amides is 2. The molecule has 0 spiro atoms. The van der Waals surface area contributed by atoms with Crippen molar-refractivity contribution in [2.45, 2.75) is 27.7 Å². The number of nitrogens with one attached hydrogen (secondary N) is 3. The molecule has 7 nitrogen and oxygen atoms in total. The number of para-hydroxylation sites is 1. The molecule has 0 bridgehead atoms. The van der Waals surface area contributed by atoms with E-state index in [1.54, 1.807) is 11.9 Å². The van der Waals surface area contributed by atoms with Crippen LogP contribution < -0.4 is 10.6 Å². The van der Waals surface area contributed by atoms with Gasteiger partial charge in [-0.2, -0.15) is 5.10 Å². The highest BCUT2D eigenvalue weighted by molar-refractivity contribution is 5.95. The Morgan fingerprint density at radius 3 is 2.00 bits per heavy atom. The van der Waals surface area contributed by atoms with Crippen molar-refractivity contribution < 1.29 is 9.59 Å². The molecular formula is C18H25N5O2. The molecule has 0 aliphatic heterocycles. The maximum Gasteiger partial charge on any atom is 0.238 e. The molecular weight excluding hydrogens is 318 g/mol. The van der Waals surface area contributed by atoms with E-state index in [-0.39, 0.29) is 24.9 Å². The maximum absolute atomic E-state index is 12.2. The Bertz CT molecular complexity index is 742. The number of likely N-dealkylation sites (N-methyl/N-ethyl adjacent to an activating group) is 1. The van der Waals surface area contributed by atoms with Crippen LogP contribution in [0.2, 0.25) is 0 Å². The Hall–Kier alpha value is -2.67. The lowest BCUT2D eigenvalue weighted by Crippen LogP contribution is -2.36. The van der Waals surface area contributed by atoms with Gasteiger partial charge in [-0.05, 0) is 45.9 Å². The van der Waals surface area contributed by atoms with Crippen LogP contribution in [0.5, 0.6) is 0 Å². The first-order valence-corrected chi connectivity index (χ1v) is 8.14. The van der Waals surface area contributed by atoms with E-state index < -0.39 is 0 Å². The summed E-state index contributed by atoms with van der Waals surface area (Å²) in [7, 11) is 1.74. The maximum atomic E-state index is 12.2. The number of benzene rings is 1. The molecule has 3 N–H and O–H groups in total. The Kier molecular flexibility index (Phi) is 5.93. The van der Waals surface area contributed by atoms with Crippen molar-refractivity contribution in [2.75, 3.05) is 30.8 Å². The summed E-state index contributed by atoms with van der Waals surface area (Å²) >= 11 is 0. The molecule has 134 valence electrons. The topological polar surface area (TPSA) is 90.1 Å². The standard InChI is InChI=1S/C18H25N5O2/c1-11-7-6-8-12(2)17(11)19-15(24)9-23(5)10-16(25)20-18-13(3)21-22-14(18)4/h6-8H,9-10H2,1-5H3,(H,19,24)(H,20,25)(H,21,22). The highest BCUT2D eigenvalue weighted by atomic mass is 16.2. The number of nitrogens with zero attached hydrogens (tertiary/aromatic N) is 2. The zero-order valence-electron chi connectivity index (χ0n) is 15.4. The van der Waals surface area contributed by atoms with E-state index in [0.717, 1.165) is 28.2 Å². The molecule has 2 rings (SSSR count). The Balaban J connectivity index is 1.88. The number of anilines is 2. The second kappa shape index (κ2) is 7.94. The SMILES string of the molecule is Cc1cccc(C)c1NC(=O)CN(C)CC(=O)Nc1c(C)n[nH]c1C. The fraction of sp³-hybridized carbons (Fsp3) is 0.389. The first-order chi connectivity index (χ1) is 11.8. The molecule has 0 unspecified atom stereocenters. The van der Waals surface area contributed by atoms with Crippen molar-refractivity contribution in [1.82, 2.24) is 15.1 Å². The van der Waals surface area contributed by atoms with Crippen LogP contribution in [0.25, 0.3) is 0 Å². The summed E-state index contributed by atoms with van der Waals surface area (Å²) in [5.74, 6) is -0.335. The summed E-state index contributed by atoms with van der Waals surface area (Å²) in [6, 6.07) is 5.86. The number of aromatic nitrogens is 2. The molecule has 1 heterocycles. The molecule has 0 saturated heterocycles. The van der Waals surface area contributed by atoms with Crippen LogP contribution in [0.1, 0.15) is 22.5 Å². The second-order valence-corrected chi connectivity index (χ2v) is 6.34.